The number of hydrogen-bond acceptors (Lipinski definition) is 11. The molecule has 1 aliphatic heterocycles. The molecule has 0 N–H and O–H groups in total. The Kier molecular flexibility index (Phi) is 8.97. The molecule has 0 aromatic carbocycles. The number of hydrogen-bond donors (Lipinski definition) is 0. The summed E-state index contributed by atoms with van der Waals surface area (Å²) in [5.41, 5.74) is -0.0267. The first-order valence-corrected chi connectivity index (χ1v) is 15.7. The zero-order valence-corrected chi connectivity index (χ0v) is 26.1. The zero-order valence-electron chi connectivity index (χ0n) is 26.1. The van der Waals surface area contributed by atoms with Crippen molar-refractivity contribution in [1.82, 2.24) is 0 Å². The molecule has 4 saturated carbocycles. The van der Waals surface area contributed by atoms with Crippen LogP contribution in [0.15, 0.2) is 0 Å². The lowest BCUT2D eigenvalue weighted by molar-refractivity contribution is -0.315. The average Bonchev–Trinajstić information content (AvgIpc) is 3.24. The van der Waals surface area contributed by atoms with Gasteiger partial charge in [0.15, 0.2) is 30.7 Å². The smallest absolute Gasteiger partial charge is 0.339 e. The number of carbonyl (C=O) groups is 5. The molecule has 5 rings (SSSR count). The fourth-order valence-corrected chi connectivity index (χ4v) is 9.49. The standard InChI is InChI=1S/C32H46O11/c1-16(33)39-25-26(40-17(2)34)28(41-18(3)35)30(43-27(25)29(37)38-6)42-20-11-13-31(4)19(15-20)7-8-21-22-9-10-24(36)32(22,5)14-12-23(21)31/h19-23,25-28,30H,7-15H2,1-6H3/t19-,20-,21-,22-,23-,25-,26-,27-,28+,30+,31-,32-/m0/s1. The Hall–Kier alpha value is -2.53. The van der Waals surface area contributed by atoms with E-state index >= 15 is 0 Å². The molecular formula is C32H46O11. The molecule has 11 heteroatoms. The van der Waals surface area contributed by atoms with Gasteiger partial charge in [0.25, 0.3) is 0 Å². The van der Waals surface area contributed by atoms with Crippen LogP contribution in [0.3, 0.4) is 0 Å². The summed E-state index contributed by atoms with van der Waals surface area (Å²) in [6, 6.07) is 0. The second-order valence-corrected chi connectivity index (χ2v) is 13.8. The van der Waals surface area contributed by atoms with Crippen LogP contribution in [0.4, 0.5) is 0 Å². The third-order valence-corrected chi connectivity index (χ3v) is 11.5. The van der Waals surface area contributed by atoms with Crippen molar-refractivity contribution in [2.24, 2.45) is 34.5 Å². The third kappa shape index (κ3) is 5.83. The number of Topliss-reactive ketones (excluding diaryl/α,β-unsaturated/α-hetero) is 1. The summed E-state index contributed by atoms with van der Waals surface area (Å²) in [6.07, 6.45) is 1.30. The monoisotopic (exact) mass is 606 g/mol. The molecule has 43 heavy (non-hydrogen) atoms. The molecule has 0 aromatic rings. The van der Waals surface area contributed by atoms with E-state index in [4.69, 9.17) is 28.4 Å². The first kappa shape index (κ1) is 31.9. The van der Waals surface area contributed by atoms with Gasteiger partial charge in [-0.1, -0.05) is 13.8 Å². The predicted octanol–water partition coefficient (Wildman–Crippen LogP) is 3.68. The summed E-state index contributed by atoms with van der Waals surface area (Å²) in [5.74, 6) is -0.523. The molecular weight excluding hydrogens is 560 g/mol. The van der Waals surface area contributed by atoms with Gasteiger partial charge >= 0.3 is 23.9 Å². The van der Waals surface area contributed by atoms with E-state index in [2.05, 4.69) is 13.8 Å². The fraction of sp³-hybridized carbons (Fsp3) is 0.844. The number of rotatable bonds is 6. The topological polar surface area (TPSA) is 141 Å². The SMILES string of the molecule is COC(=O)[C@H]1O[C@@H](O[C@H]2CC[C@@]3(C)[C@@H](CC[C@@H]4[C@@H]3CC[C@]3(C)C(=O)CC[C@@H]43)C2)[C@H](OC(C)=O)[C@@H](OC(C)=O)[C@@H]1OC(C)=O. The van der Waals surface area contributed by atoms with Crippen molar-refractivity contribution in [3.8, 4) is 0 Å². The van der Waals surface area contributed by atoms with E-state index in [1.807, 2.05) is 0 Å². The van der Waals surface area contributed by atoms with E-state index in [-0.39, 0.29) is 16.9 Å². The highest BCUT2D eigenvalue weighted by atomic mass is 16.7. The molecule has 5 fully saturated rings. The Bertz CT molecular complexity index is 1140. The van der Waals surface area contributed by atoms with Crippen molar-refractivity contribution in [2.45, 2.75) is 129 Å². The molecule has 5 aliphatic rings. The largest absolute Gasteiger partial charge is 0.467 e. The lowest BCUT2D eigenvalue weighted by Gasteiger charge is -2.60. The van der Waals surface area contributed by atoms with E-state index in [9.17, 15) is 24.0 Å². The van der Waals surface area contributed by atoms with Crippen molar-refractivity contribution in [1.29, 1.82) is 0 Å². The lowest BCUT2D eigenvalue weighted by atomic mass is 9.45. The molecule has 0 spiro atoms. The van der Waals surface area contributed by atoms with Gasteiger partial charge in [0.05, 0.1) is 13.2 Å². The van der Waals surface area contributed by atoms with Crippen molar-refractivity contribution in [3.05, 3.63) is 0 Å². The summed E-state index contributed by atoms with van der Waals surface area (Å²) < 4.78 is 33.8. The van der Waals surface area contributed by atoms with Crippen LogP contribution in [0, 0.1) is 34.5 Å². The van der Waals surface area contributed by atoms with Crippen LogP contribution in [-0.2, 0) is 52.4 Å². The number of methoxy groups -OCH3 is 1. The molecule has 1 saturated heterocycles. The summed E-state index contributed by atoms with van der Waals surface area (Å²) in [5, 5.41) is 0. The molecule has 0 radical (unpaired) electrons. The van der Waals surface area contributed by atoms with Crippen LogP contribution in [0.25, 0.3) is 0 Å². The molecule has 11 nitrogen and oxygen atoms in total. The van der Waals surface area contributed by atoms with Crippen LogP contribution in [0.5, 0.6) is 0 Å². The van der Waals surface area contributed by atoms with Crippen LogP contribution >= 0.6 is 0 Å². The maximum Gasteiger partial charge on any atom is 0.339 e. The molecule has 1 heterocycles. The molecule has 4 aliphatic carbocycles. The normalized spacial score (nSPS) is 43.8. The van der Waals surface area contributed by atoms with E-state index < -0.39 is 54.6 Å². The molecule has 0 amide bonds. The Morgan fingerprint density at radius 1 is 0.791 bits per heavy atom. The number of ether oxygens (including phenoxy) is 6. The van der Waals surface area contributed by atoms with Gasteiger partial charge in [0.2, 0.25) is 0 Å². The van der Waals surface area contributed by atoms with E-state index in [1.165, 1.54) is 21.0 Å². The van der Waals surface area contributed by atoms with Crippen LogP contribution in [0.2, 0.25) is 0 Å². The van der Waals surface area contributed by atoms with E-state index in [0.717, 1.165) is 58.3 Å². The van der Waals surface area contributed by atoms with Crippen LogP contribution < -0.4 is 0 Å². The minimum atomic E-state index is -1.47. The van der Waals surface area contributed by atoms with Crippen molar-refractivity contribution in [2.75, 3.05) is 7.11 Å². The average molecular weight is 607 g/mol. The Morgan fingerprint density at radius 3 is 2.09 bits per heavy atom. The Balaban J connectivity index is 1.35. The number of ketones is 1. The van der Waals surface area contributed by atoms with Crippen LogP contribution in [0.1, 0.15) is 92.4 Å². The first-order valence-electron chi connectivity index (χ1n) is 15.7. The minimum absolute atomic E-state index is 0.133. The van der Waals surface area contributed by atoms with Gasteiger partial charge in [-0.3, -0.25) is 19.2 Å². The van der Waals surface area contributed by atoms with Crippen molar-refractivity contribution < 1.29 is 52.4 Å². The predicted molar refractivity (Wildman–Crippen MR) is 149 cm³/mol. The zero-order chi connectivity index (χ0) is 31.3. The van der Waals surface area contributed by atoms with Crippen molar-refractivity contribution in [3.63, 3.8) is 0 Å². The summed E-state index contributed by atoms with van der Waals surface area (Å²) in [6.45, 7) is 8.13. The minimum Gasteiger partial charge on any atom is -0.467 e. The van der Waals surface area contributed by atoms with Gasteiger partial charge in [-0.15, -0.1) is 0 Å². The summed E-state index contributed by atoms with van der Waals surface area (Å²) in [7, 11) is 1.17. The highest BCUT2D eigenvalue weighted by Crippen LogP contribution is 2.65. The van der Waals surface area contributed by atoms with Gasteiger partial charge in [-0.25, -0.2) is 4.79 Å². The third-order valence-electron chi connectivity index (χ3n) is 11.5. The van der Waals surface area contributed by atoms with Crippen LogP contribution in [-0.4, -0.2) is 73.6 Å². The molecule has 0 bridgehead atoms. The lowest BCUT2D eigenvalue weighted by Crippen LogP contribution is -2.64. The maximum absolute atomic E-state index is 12.8. The quantitative estimate of drug-likeness (QED) is 0.248. The Labute approximate surface area is 253 Å². The summed E-state index contributed by atoms with van der Waals surface area (Å²) >= 11 is 0. The first-order chi connectivity index (χ1) is 20.3. The van der Waals surface area contributed by atoms with E-state index in [1.54, 1.807) is 0 Å². The molecule has 240 valence electrons. The second-order valence-electron chi connectivity index (χ2n) is 13.8. The van der Waals surface area contributed by atoms with Gasteiger partial charge < -0.3 is 28.4 Å². The second kappa shape index (κ2) is 12.1. The van der Waals surface area contributed by atoms with Gasteiger partial charge in [0.1, 0.15) is 5.78 Å². The van der Waals surface area contributed by atoms with Gasteiger partial charge in [-0.2, -0.15) is 0 Å². The van der Waals surface area contributed by atoms with Gasteiger partial charge in [-0.05, 0) is 80.5 Å². The number of carbonyl (C=O) groups excluding carboxylic acids is 5. The number of esters is 4. The maximum atomic E-state index is 12.8. The molecule has 12 atom stereocenters. The van der Waals surface area contributed by atoms with Crippen molar-refractivity contribution >= 4 is 29.7 Å². The Morgan fingerprint density at radius 2 is 1.44 bits per heavy atom. The highest BCUT2D eigenvalue weighted by Gasteiger charge is 2.61. The number of fused-ring (bicyclic) bond motifs is 5. The summed E-state index contributed by atoms with van der Waals surface area (Å²) in [4.78, 5) is 61.8. The highest BCUT2D eigenvalue weighted by molar-refractivity contribution is 5.87. The molecule has 0 unspecified atom stereocenters. The molecule has 0 aromatic heterocycles. The van der Waals surface area contributed by atoms with E-state index in [0.29, 0.717) is 35.9 Å². The fourth-order valence-electron chi connectivity index (χ4n) is 9.49. The van der Waals surface area contributed by atoms with Gasteiger partial charge in [0, 0.05) is 32.6 Å².